The third kappa shape index (κ3) is 3.24. The van der Waals surface area contributed by atoms with E-state index in [0.29, 0.717) is 11.1 Å². The summed E-state index contributed by atoms with van der Waals surface area (Å²) in [7, 11) is 0. The Balaban J connectivity index is 1.72. The van der Waals surface area contributed by atoms with Gasteiger partial charge in [0, 0.05) is 11.7 Å². The smallest absolute Gasteiger partial charge is 0.338 e. The lowest BCUT2D eigenvalue weighted by Crippen LogP contribution is -2.43. The van der Waals surface area contributed by atoms with E-state index in [1.807, 2.05) is 37.3 Å². The molecule has 25 heavy (non-hydrogen) atoms. The van der Waals surface area contributed by atoms with Gasteiger partial charge in [-0.2, -0.15) is 5.26 Å². The van der Waals surface area contributed by atoms with E-state index in [-0.39, 0.29) is 11.9 Å². The van der Waals surface area contributed by atoms with Crippen LogP contribution in [0.1, 0.15) is 35.3 Å². The summed E-state index contributed by atoms with van der Waals surface area (Å²) in [6, 6.07) is 15.9. The molecule has 0 saturated heterocycles. The molecule has 0 unspecified atom stereocenters. The number of amides is 1. The predicted molar refractivity (Wildman–Crippen MR) is 93.1 cm³/mol. The Kier molecular flexibility index (Phi) is 4.53. The molecule has 0 saturated carbocycles. The largest absolute Gasteiger partial charge is 0.449 e. The van der Waals surface area contributed by atoms with Crippen LogP contribution < -0.4 is 4.90 Å². The average molecular weight is 334 g/mol. The fraction of sp³-hybridized carbons (Fsp3) is 0.250. The number of ether oxygens (including phenoxy) is 1. The molecule has 0 aliphatic carbocycles. The number of hydrogen-bond donors (Lipinski definition) is 0. The first-order chi connectivity index (χ1) is 12.0. The van der Waals surface area contributed by atoms with E-state index in [1.165, 1.54) is 12.1 Å². The zero-order valence-electron chi connectivity index (χ0n) is 14.1. The molecule has 0 N–H and O–H groups in total. The van der Waals surface area contributed by atoms with E-state index >= 15 is 0 Å². The summed E-state index contributed by atoms with van der Waals surface area (Å²) in [5, 5.41) is 8.80. The van der Waals surface area contributed by atoms with Gasteiger partial charge >= 0.3 is 5.97 Å². The average Bonchev–Trinajstić information content (AvgIpc) is 2.96. The molecule has 2 aromatic rings. The quantitative estimate of drug-likeness (QED) is 0.809. The molecule has 5 heteroatoms. The van der Waals surface area contributed by atoms with Crippen molar-refractivity contribution >= 4 is 17.6 Å². The number of fused-ring (bicyclic) bond motifs is 1. The molecule has 0 spiro atoms. The summed E-state index contributed by atoms with van der Waals surface area (Å²) < 4.78 is 5.33. The molecule has 1 aliphatic heterocycles. The molecule has 2 atom stereocenters. The molecule has 5 nitrogen and oxygen atoms in total. The topological polar surface area (TPSA) is 70.4 Å². The standard InChI is InChI=1S/C20H18N2O3/c1-13-11-17-5-3-4-6-18(17)22(13)19(23)14(2)25-20(24)16-9-7-15(12-21)8-10-16/h3-10,13-14H,11H2,1-2H3/t13-,14+/m1/s1. The van der Waals surface area contributed by atoms with Crippen molar-refractivity contribution < 1.29 is 14.3 Å². The number of nitrogens with zero attached hydrogens (tertiary/aromatic N) is 2. The first-order valence-electron chi connectivity index (χ1n) is 8.13. The van der Waals surface area contributed by atoms with Gasteiger partial charge in [-0.25, -0.2) is 4.79 Å². The van der Waals surface area contributed by atoms with E-state index in [9.17, 15) is 9.59 Å². The van der Waals surface area contributed by atoms with Crippen LogP contribution in [0.2, 0.25) is 0 Å². The van der Waals surface area contributed by atoms with Crippen molar-refractivity contribution in [3.05, 3.63) is 65.2 Å². The minimum absolute atomic E-state index is 0.0287. The predicted octanol–water partition coefficient (Wildman–Crippen LogP) is 3.08. The van der Waals surface area contributed by atoms with Gasteiger partial charge in [-0.3, -0.25) is 4.79 Å². The lowest BCUT2D eigenvalue weighted by Gasteiger charge is -2.25. The van der Waals surface area contributed by atoms with E-state index in [1.54, 1.807) is 24.0 Å². The molecule has 0 aromatic heterocycles. The first-order valence-corrected chi connectivity index (χ1v) is 8.13. The van der Waals surface area contributed by atoms with E-state index < -0.39 is 12.1 Å². The highest BCUT2D eigenvalue weighted by Gasteiger charge is 2.34. The number of para-hydroxylation sites is 1. The third-order valence-electron chi connectivity index (χ3n) is 4.33. The van der Waals surface area contributed by atoms with E-state index in [2.05, 4.69) is 0 Å². The summed E-state index contributed by atoms with van der Waals surface area (Å²) >= 11 is 0. The Labute approximate surface area is 146 Å². The van der Waals surface area contributed by atoms with Gasteiger partial charge in [0.15, 0.2) is 6.10 Å². The number of hydrogen-bond acceptors (Lipinski definition) is 4. The minimum atomic E-state index is -0.892. The fourth-order valence-electron chi connectivity index (χ4n) is 3.06. The Morgan fingerprint density at radius 3 is 2.56 bits per heavy atom. The maximum atomic E-state index is 12.8. The second-order valence-electron chi connectivity index (χ2n) is 6.13. The minimum Gasteiger partial charge on any atom is -0.449 e. The summed E-state index contributed by atoms with van der Waals surface area (Å²) in [4.78, 5) is 26.7. The second-order valence-corrected chi connectivity index (χ2v) is 6.13. The highest BCUT2D eigenvalue weighted by atomic mass is 16.5. The lowest BCUT2D eigenvalue weighted by molar-refractivity contribution is -0.126. The SMILES string of the molecule is C[C@H](OC(=O)c1ccc(C#N)cc1)C(=O)N1c2ccccc2C[C@H]1C. The molecule has 2 aromatic carbocycles. The summed E-state index contributed by atoms with van der Waals surface area (Å²) in [6.45, 7) is 3.56. The number of benzene rings is 2. The normalized spacial score (nSPS) is 16.7. The number of rotatable bonds is 3. The molecule has 1 heterocycles. The molecular weight excluding hydrogens is 316 g/mol. The lowest BCUT2D eigenvalue weighted by atomic mass is 10.1. The van der Waals surface area contributed by atoms with Crippen LogP contribution in [0, 0.1) is 11.3 Å². The molecule has 3 rings (SSSR count). The van der Waals surface area contributed by atoms with Crippen molar-refractivity contribution in [3.63, 3.8) is 0 Å². The van der Waals surface area contributed by atoms with Gasteiger partial charge in [-0.05, 0) is 56.2 Å². The summed E-state index contributed by atoms with van der Waals surface area (Å²) in [5.74, 6) is -0.815. The van der Waals surface area contributed by atoms with Gasteiger partial charge in [0.25, 0.3) is 5.91 Å². The number of carbonyl (C=O) groups is 2. The van der Waals surface area contributed by atoms with Crippen molar-refractivity contribution in [2.75, 3.05) is 4.90 Å². The van der Waals surface area contributed by atoms with Crippen molar-refractivity contribution in [2.24, 2.45) is 0 Å². The van der Waals surface area contributed by atoms with E-state index in [0.717, 1.165) is 17.7 Å². The van der Waals surface area contributed by atoms with Gasteiger partial charge in [0.05, 0.1) is 17.2 Å². The number of carbonyl (C=O) groups excluding carboxylic acids is 2. The molecule has 1 aliphatic rings. The second kappa shape index (κ2) is 6.78. The Bertz CT molecular complexity index is 852. The monoisotopic (exact) mass is 334 g/mol. The molecule has 126 valence electrons. The highest BCUT2D eigenvalue weighted by molar-refractivity contribution is 6.00. The zero-order valence-corrected chi connectivity index (χ0v) is 14.1. The Hall–Kier alpha value is -3.13. The van der Waals surface area contributed by atoms with Crippen molar-refractivity contribution in [3.8, 4) is 6.07 Å². The summed E-state index contributed by atoms with van der Waals surface area (Å²) in [6.07, 6.45) is -0.102. The van der Waals surface area contributed by atoms with Gasteiger partial charge < -0.3 is 9.64 Å². The van der Waals surface area contributed by atoms with Gasteiger partial charge in [-0.15, -0.1) is 0 Å². The third-order valence-corrected chi connectivity index (χ3v) is 4.33. The Morgan fingerprint density at radius 2 is 1.88 bits per heavy atom. The van der Waals surface area contributed by atoms with Crippen LogP contribution in [0.3, 0.4) is 0 Å². The Morgan fingerprint density at radius 1 is 1.20 bits per heavy atom. The zero-order chi connectivity index (χ0) is 18.0. The van der Waals surface area contributed by atoms with Gasteiger partial charge in [0.1, 0.15) is 0 Å². The number of anilines is 1. The number of esters is 1. The molecule has 0 radical (unpaired) electrons. The molecule has 0 bridgehead atoms. The van der Waals surface area contributed by atoms with Crippen molar-refractivity contribution in [1.29, 1.82) is 5.26 Å². The number of nitriles is 1. The van der Waals surface area contributed by atoms with Crippen LogP contribution in [-0.2, 0) is 16.0 Å². The fourth-order valence-corrected chi connectivity index (χ4v) is 3.06. The molecule has 0 fully saturated rings. The van der Waals surface area contributed by atoms with Crippen LogP contribution in [0.5, 0.6) is 0 Å². The molecular formula is C20H18N2O3. The maximum Gasteiger partial charge on any atom is 0.338 e. The van der Waals surface area contributed by atoms with Crippen LogP contribution in [0.25, 0.3) is 0 Å². The van der Waals surface area contributed by atoms with Crippen LogP contribution in [0.15, 0.2) is 48.5 Å². The molecule has 1 amide bonds. The van der Waals surface area contributed by atoms with E-state index in [4.69, 9.17) is 10.00 Å². The van der Waals surface area contributed by atoms with Crippen LogP contribution >= 0.6 is 0 Å². The van der Waals surface area contributed by atoms with Crippen LogP contribution in [0.4, 0.5) is 5.69 Å². The maximum absolute atomic E-state index is 12.8. The summed E-state index contributed by atoms with van der Waals surface area (Å²) in [5.41, 5.74) is 2.77. The van der Waals surface area contributed by atoms with Gasteiger partial charge in [-0.1, -0.05) is 18.2 Å². The van der Waals surface area contributed by atoms with Crippen LogP contribution in [-0.4, -0.2) is 24.0 Å². The van der Waals surface area contributed by atoms with Crippen molar-refractivity contribution in [1.82, 2.24) is 0 Å². The highest BCUT2D eigenvalue weighted by Crippen LogP contribution is 2.32. The first kappa shape index (κ1) is 16.7. The van der Waals surface area contributed by atoms with Crippen molar-refractivity contribution in [2.45, 2.75) is 32.4 Å². The van der Waals surface area contributed by atoms with Gasteiger partial charge in [0.2, 0.25) is 0 Å².